The smallest absolute Gasteiger partial charge is 0.264 e. The Kier molecular flexibility index (Phi) is 6.71. The molecule has 0 saturated carbocycles. The Balaban J connectivity index is 1.18. The van der Waals surface area contributed by atoms with Gasteiger partial charge in [-0.1, -0.05) is 78.9 Å². The molecule has 0 saturated heterocycles. The molecule has 0 bridgehead atoms. The lowest BCUT2D eigenvalue weighted by molar-refractivity contribution is -0.120. The molecule has 0 aliphatic carbocycles. The lowest BCUT2D eigenvalue weighted by Crippen LogP contribution is -2.29. The highest BCUT2D eigenvalue weighted by Crippen LogP contribution is 2.19. The van der Waals surface area contributed by atoms with Crippen molar-refractivity contribution >= 4 is 16.9 Å². The van der Waals surface area contributed by atoms with Crippen LogP contribution in [-0.4, -0.2) is 31.8 Å². The van der Waals surface area contributed by atoms with Gasteiger partial charge in [0, 0.05) is 6.54 Å². The highest BCUT2D eigenvalue weighted by molar-refractivity contribution is 5.79. The topological polar surface area (TPSA) is 81.8 Å². The summed E-state index contributed by atoms with van der Waals surface area (Å²) in [5, 5.41) is 7.73. The Bertz CT molecular complexity index is 1550. The molecule has 2 heterocycles. The standard InChI is InChI=1S/C29H27N5O2/c1-21-7-5-6-10-25(21)19-33-20-31-28-26(29(33)36)18-32-34(28)16-15-30-27(35)17-22-11-13-24(14-12-22)23-8-3-2-4-9-23/h2-14,18,20H,15-17,19H2,1H3,(H,30,35). The number of carbonyl (C=O) groups excluding carboxylic acids is 1. The van der Waals surface area contributed by atoms with Gasteiger partial charge in [-0.3, -0.25) is 14.2 Å². The Morgan fingerprint density at radius 3 is 2.42 bits per heavy atom. The van der Waals surface area contributed by atoms with Crippen molar-refractivity contribution in [1.29, 1.82) is 0 Å². The first-order valence-corrected chi connectivity index (χ1v) is 11.9. The van der Waals surface area contributed by atoms with Gasteiger partial charge >= 0.3 is 0 Å². The van der Waals surface area contributed by atoms with Crippen LogP contribution < -0.4 is 10.9 Å². The second kappa shape index (κ2) is 10.4. The number of amides is 1. The summed E-state index contributed by atoms with van der Waals surface area (Å²) in [6, 6.07) is 26.1. The van der Waals surface area contributed by atoms with Gasteiger partial charge in [-0.15, -0.1) is 0 Å². The van der Waals surface area contributed by atoms with Crippen LogP contribution >= 0.6 is 0 Å². The highest BCUT2D eigenvalue weighted by Gasteiger charge is 2.11. The van der Waals surface area contributed by atoms with Gasteiger partial charge in [-0.05, 0) is 34.7 Å². The number of benzene rings is 3. The maximum absolute atomic E-state index is 13.0. The number of nitrogens with zero attached hydrogens (tertiary/aromatic N) is 4. The third kappa shape index (κ3) is 5.10. The van der Waals surface area contributed by atoms with Gasteiger partial charge in [0.1, 0.15) is 11.7 Å². The third-order valence-electron chi connectivity index (χ3n) is 6.30. The largest absolute Gasteiger partial charge is 0.354 e. The molecular formula is C29H27N5O2. The molecule has 2 aromatic heterocycles. The average Bonchev–Trinajstić information content (AvgIpc) is 3.31. The number of nitrogens with one attached hydrogen (secondary N) is 1. The van der Waals surface area contributed by atoms with E-state index in [2.05, 4.69) is 27.5 Å². The molecule has 0 spiro atoms. The quantitative estimate of drug-likeness (QED) is 0.367. The average molecular weight is 478 g/mol. The molecule has 1 N–H and O–H groups in total. The van der Waals surface area contributed by atoms with Crippen LogP contribution in [-0.2, 0) is 24.3 Å². The predicted octanol–water partition coefficient (Wildman–Crippen LogP) is 3.98. The number of carbonyl (C=O) groups is 1. The van der Waals surface area contributed by atoms with Crippen LogP contribution in [0.25, 0.3) is 22.2 Å². The summed E-state index contributed by atoms with van der Waals surface area (Å²) in [7, 11) is 0. The first-order chi connectivity index (χ1) is 17.6. The molecule has 0 unspecified atom stereocenters. The van der Waals surface area contributed by atoms with Gasteiger partial charge in [0.2, 0.25) is 5.91 Å². The molecule has 0 fully saturated rings. The van der Waals surface area contributed by atoms with Gasteiger partial charge in [-0.2, -0.15) is 5.10 Å². The predicted molar refractivity (Wildman–Crippen MR) is 141 cm³/mol. The first kappa shape index (κ1) is 23.2. The third-order valence-corrected chi connectivity index (χ3v) is 6.30. The Morgan fingerprint density at radius 1 is 0.917 bits per heavy atom. The van der Waals surface area contributed by atoms with E-state index in [9.17, 15) is 9.59 Å². The molecule has 180 valence electrons. The maximum atomic E-state index is 13.0. The molecule has 5 rings (SSSR count). The maximum Gasteiger partial charge on any atom is 0.264 e. The van der Waals surface area contributed by atoms with Crippen molar-refractivity contribution in [2.24, 2.45) is 0 Å². The summed E-state index contributed by atoms with van der Waals surface area (Å²) in [5.74, 6) is -0.0625. The molecule has 7 nitrogen and oxygen atoms in total. The van der Waals surface area contributed by atoms with E-state index in [-0.39, 0.29) is 11.5 Å². The summed E-state index contributed by atoms with van der Waals surface area (Å²) < 4.78 is 3.26. The van der Waals surface area contributed by atoms with E-state index < -0.39 is 0 Å². The van der Waals surface area contributed by atoms with Gasteiger partial charge in [0.25, 0.3) is 5.56 Å². The van der Waals surface area contributed by atoms with Crippen LogP contribution in [0.15, 0.2) is 96.2 Å². The number of aromatic nitrogens is 4. The van der Waals surface area contributed by atoms with Crippen molar-refractivity contribution in [2.45, 2.75) is 26.4 Å². The number of fused-ring (bicyclic) bond motifs is 1. The second-order valence-electron chi connectivity index (χ2n) is 8.80. The van der Waals surface area contributed by atoms with Gasteiger partial charge in [0.05, 0.1) is 25.7 Å². The molecule has 36 heavy (non-hydrogen) atoms. The molecule has 7 heteroatoms. The van der Waals surface area contributed by atoms with Gasteiger partial charge in [-0.25, -0.2) is 9.67 Å². The van der Waals surface area contributed by atoms with Crippen molar-refractivity contribution in [2.75, 3.05) is 6.54 Å². The van der Waals surface area contributed by atoms with E-state index >= 15 is 0 Å². The fourth-order valence-electron chi connectivity index (χ4n) is 4.24. The molecule has 0 aliphatic rings. The summed E-state index contributed by atoms with van der Waals surface area (Å²) in [6.07, 6.45) is 3.42. The highest BCUT2D eigenvalue weighted by atomic mass is 16.1. The van der Waals surface area contributed by atoms with E-state index in [1.54, 1.807) is 21.8 Å². The van der Waals surface area contributed by atoms with Crippen LogP contribution in [0.1, 0.15) is 16.7 Å². The molecule has 5 aromatic rings. The Hall–Kier alpha value is -4.52. The lowest BCUT2D eigenvalue weighted by atomic mass is 10.0. The molecular weight excluding hydrogens is 450 g/mol. The monoisotopic (exact) mass is 477 g/mol. The van der Waals surface area contributed by atoms with E-state index in [1.807, 2.05) is 73.7 Å². The fraction of sp³-hybridized carbons (Fsp3) is 0.172. The fourth-order valence-corrected chi connectivity index (χ4v) is 4.24. The molecule has 3 aromatic carbocycles. The number of rotatable bonds is 8. The van der Waals surface area contributed by atoms with Crippen molar-refractivity contribution in [3.8, 4) is 11.1 Å². The number of hydrogen-bond donors (Lipinski definition) is 1. The van der Waals surface area contributed by atoms with Crippen LogP contribution in [0.5, 0.6) is 0 Å². The van der Waals surface area contributed by atoms with Gasteiger partial charge in [0.15, 0.2) is 5.65 Å². The zero-order valence-electron chi connectivity index (χ0n) is 20.1. The van der Waals surface area contributed by atoms with Crippen molar-refractivity contribution < 1.29 is 4.79 Å². The molecule has 0 radical (unpaired) electrons. The van der Waals surface area contributed by atoms with Crippen LogP contribution in [0.2, 0.25) is 0 Å². The summed E-state index contributed by atoms with van der Waals surface area (Å²) in [5.41, 5.74) is 5.82. The zero-order valence-corrected chi connectivity index (χ0v) is 20.1. The molecule has 0 aliphatic heterocycles. The summed E-state index contributed by atoms with van der Waals surface area (Å²) >= 11 is 0. The normalized spacial score (nSPS) is 11.0. The van der Waals surface area contributed by atoms with Gasteiger partial charge < -0.3 is 5.32 Å². The number of aryl methyl sites for hydroxylation is 1. The minimum atomic E-state index is -0.127. The van der Waals surface area contributed by atoms with Crippen LogP contribution in [0.3, 0.4) is 0 Å². The SMILES string of the molecule is Cc1ccccc1Cn1cnc2c(cnn2CCNC(=O)Cc2ccc(-c3ccccc3)cc2)c1=O. The Labute approximate surface area is 209 Å². The van der Waals surface area contributed by atoms with E-state index in [0.29, 0.717) is 37.1 Å². The van der Waals surface area contributed by atoms with E-state index in [1.165, 1.54) is 0 Å². The molecule has 1 amide bonds. The summed E-state index contributed by atoms with van der Waals surface area (Å²) in [6.45, 7) is 3.31. The Morgan fingerprint density at radius 2 is 1.64 bits per heavy atom. The first-order valence-electron chi connectivity index (χ1n) is 11.9. The minimum absolute atomic E-state index is 0.0625. The lowest BCUT2D eigenvalue weighted by Gasteiger charge is -2.09. The van der Waals surface area contributed by atoms with E-state index in [0.717, 1.165) is 27.8 Å². The van der Waals surface area contributed by atoms with E-state index in [4.69, 9.17) is 0 Å². The van der Waals surface area contributed by atoms with Crippen molar-refractivity contribution in [3.05, 3.63) is 118 Å². The second-order valence-corrected chi connectivity index (χ2v) is 8.80. The number of hydrogen-bond acceptors (Lipinski definition) is 4. The minimum Gasteiger partial charge on any atom is -0.354 e. The van der Waals surface area contributed by atoms with Crippen molar-refractivity contribution in [1.82, 2.24) is 24.6 Å². The van der Waals surface area contributed by atoms with Crippen LogP contribution in [0, 0.1) is 6.92 Å². The van der Waals surface area contributed by atoms with Crippen LogP contribution in [0.4, 0.5) is 0 Å². The summed E-state index contributed by atoms with van der Waals surface area (Å²) in [4.78, 5) is 29.9. The molecule has 0 atom stereocenters. The zero-order chi connectivity index (χ0) is 24.9. The van der Waals surface area contributed by atoms with Crippen molar-refractivity contribution in [3.63, 3.8) is 0 Å².